The zero-order valence-electron chi connectivity index (χ0n) is 26.9. The van der Waals surface area contributed by atoms with Crippen molar-refractivity contribution in [3.8, 4) is 62.0 Å². The first kappa shape index (κ1) is 27.8. The van der Waals surface area contributed by atoms with Crippen molar-refractivity contribution in [3.63, 3.8) is 0 Å². The van der Waals surface area contributed by atoms with E-state index < -0.39 is 0 Å². The Labute approximate surface area is 282 Å². The molecule has 0 unspecified atom stereocenters. The van der Waals surface area contributed by atoms with Crippen LogP contribution in [0.4, 0.5) is 0 Å². The lowest BCUT2D eigenvalue weighted by atomic mass is 9.43. The van der Waals surface area contributed by atoms with Crippen LogP contribution in [0.25, 0.3) is 55.9 Å². The van der Waals surface area contributed by atoms with Gasteiger partial charge in [0.05, 0.1) is 23.0 Å². The number of pyridine rings is 1. The fourth-order valence-electron chi connectivity index (χ4n) is 10.8. The maximum atomic E-state index is 10.3. The molecule has 1 heterocycles. The van der Waals surface area contributed by atoms with E-state index in [9.17, 15) is 5.26 Å². The topological polar surface area (TPSA) is 36.7 Å². The molecule has 11 rings (SSSR count). The van der Waals surface area contributed by atoms with Crippen LogP contribution in [0.2, 0.25) is 0 Å². The molecule has 5 aromatic carbocycles. The SMILES string of the molecule is N#Cc1ccccc1-c1cccc2c1-c1c(-c3cc(-c4ccccc4)nc(-c4ccccc4)c3)cccc1C21C2CC3CC(C2)CC1C3. The minimum absolute atomic E-state index is 0.0171. The molecule has 5 aliphatic carbocycles. The summed E-state index contributed by atoms with van der Waals surface area (Å²) in [4.78, 5) is 5.23. The normalized spacial score (nSPS) is 24.3. The summed E-state index contributed by atoms with van der Waals surface area (Å²) in [5.41, 5.74) is 15.4. The molecule has 0 saturated heterocycles. The van der Waals surface area contributed by atoms with Gasteiger partial charge in [-0.3, -0.25) is 0 Å². The molecule has 1 spiro atoms. The molecule has 1 aromatic heterocycles. The number of hydrogen-bond donors (Lipinski definition) is 0. The lowest BCUT2D eigenvalue weighted by Crippen LogP contribution is -2.55. The van der Waals surface area contributed by atoms with Crippen molar-refractivity contribution in [2.75, 3.05) is 0 Å². The molecule has 5 aliphatic rings. The first-order valence-corrected chi connectivity index (χ1v) is 17.6. The minimum atomic E-state index is 0.0171. The van der Waals surface area contributed by atoms with E-state index in [1.54, 1.807) is 0 Å². The Morgan fingerprint density at radius 2 is 1.00 bits per heavy atom. The van der Waals surface area contributed by atoms with Gasteiger partial charge in [-0.05, 0) is 113 Å². The highest BCUT2D eigenvalue weighted by Gasteiger charge is 2.62. The summed E-state index contributed by atoms with van der Waals surface area (Å²) in [6, 6.07) is 50.6. The molecular formula is C46H36N2. The fraction of sp³-hybridized carbons (Fsp3) is 0.217. The van der Waals surface area contributed by atoms with Crippen LogP contribution in [0.3, 0.4) is 0 Å². The predicted molar refractivity (Wildman–Crippen MR) is 194 cm³/mol. The molecule has 0 atom stereocenters. The molecule has 2 nitrogen and oxygen atoms in total. The first-order chi connectivity index (χ1) is 23.7. The molecule has 0 N–H and O–H groups in total. The zero-order chi connectivity index (χ0) is 31.8. The summed E-state index contributed by atoms with van der Waals surface area (Å²) in [5.74, 6) is 3.06. The highest BCUT2D eigenvalue weighted by atomic mass is 14.7. The Hall–Kier alpha value is -5.26. The second-order valence-corrected chi connectivity index (χ2v) is 14.6. The zero-order valence-corrected chi connectivity index (χ0v) is 26.9. The molecule has 4 fully saturated rings. The number of rotatable bonds is 4. The summed E-state index contributed by atoms with van der Waals surface area (Å²) in [5, 5.41) is 10.3. The smallest absolute Gasteiger partial charge is 0.0998 e. The standard InChI is InChI=1S/C46H36N2/c47-28-33-15-7-8-16-37(33)39-18-10-20-41-45(39)44-38(17-9-19-40(44)46(41)35-22-29-21-30(24-35)25-36(46)23-29)34-26-42(31-11-3-1-4-12-31)48-43(27-34)32-13-5-2-6-14-32/h1-20,26-27,29-30,35-36H,21-25H2. The van der Waals surface area contributed by atoms with E-state index in [0.717, 1.165) is 45.5 Å². The van der Waals surface area contributed by atoms with Crippen molar-refractivity contribution in [2.24, 2.45) is 23.7 Å². The van der Waals surface area contributed by atoms with Crippen molar-refractivity contribution >= 4 is 0 Å². The quantitative estimate of drug-likeness (QED) is 0.198. The maximum absolute atomic E-state index is 10.3. The van der Waals surface area contributed by atoms with Gasteiger partial charge in [0.1, 0.15) is 0 Å². The van der Waals surface area contributed by atoms with Crippen molar-refractivity contribution in [2.45, 2.75) is 37.5 Å². The molecule has 4 saturated carbocycles. The Morgan fingerprint density at radius 3 is 1.58 bits per heavy atom. The third-order valence-electron chi connectivity index (χ3n) is 12.3. The summed E-state index contributed by atoms with van der Waals surface area (Å²) >= 11 is 0. The van der Waals surface area contributed by atoms with E-state index >= 15 is 0 Å². The van der Waals surface area contributed by atoms with Gasteiger partial charge in [-0.25, -0.2) is 4.98 Å². The number of hydrogen-bond acceptors (Lipinski definition) is 2. The molecule has 4 bridgehead atoms. The van der Waals surface area contributed by atoms with E-state index in [4.69, 9.17) is 4.98 Å². The number of aromatic nitrogens is 1. The van der Waals surface area contributed by atoms with E-state index in [2.05, 4.69) is 127 Å². The molecular weight excluding hydrogens is 581 g/mol. The Kier molecular flexibility index (Phi) is 6.16. The van der Waals surface area contributed by atoms with Gasteiger partial charge in [0, 0.05) is 22.1 Å². The number of benzene rings is 5. The van der Waals surface area contributed by atoms with Crippen LogP contribution in [0.15, 0.2) is 133 Å². The van der Waals surface area contributed by atoms with Crippen LogP contribution >= 0.6 is 0 Å². The number of nitriles is 1. The Bertz CT molecular complexity index is 2170. The minimum Gasteiger partial charge on any atom is -0.248 e. The van der Waals surface area contributed by atoms with Crippen LogP contribution in [-0.4, -0.2) is 4.98 Å². The van der Waals surface area contributed by atoms with Gasteiger partial charge in [0.2, 0.25) is 0 Å². The van der Waals surface area contributed by atoms with Crippen molar-refractivity contribution < 1.29 is 0 Å². The molecule has 6 aromatic rings. The third kappa shape index (κ3) is 3.94. The van der Waals surface area contributed by atoms with E-state index in [1.807, 2.05) is 12.1 Å². The molecule has 0 aliphatic heterocycles. The van der Waals surface area contributed by atoms with E-state index in [0.29, 0.717) is 11.8 Å². The molecule has 230 valence electrons. The van der Waals surface area contributed by atoms with Gasteiger partial charge in [-0.2, -0.15) is 5.26 Å². The lowest BCUT2D eigenvalue weighted by Gasteiger charge is -2.61. The first-order valence-electron chi connectivity index (χ1n) is 17.6. The van der Waals surface area contributed by atoms with Gasteiger partial charge < -0.3 is 0 Å². The monoisotopic (exact) mass is 616 g/mol. The summed E-state index contributed by atoms with van der Waals surface area (Å²) in [6.07, 6.45) is 6.77. The fourth-order valence-corrected chi connectivity index (χ4v) is 10.8. The average molecular weight is 617 g/mol. The maximum Gasteiger partial charge on any atom is 0.0998 e. The summed E-state index contributed by atoms with van der Waals surface area (Å²) in [6.45, 7) is 0. The van der Waals surface area contributed by atoms with E-state index in [1.165, 1.54) is 71.0 Å². The summed E-state index contributed by atoms with van der Waals surface area (Å²) < 4.78 is 0. The van der Waals surface area contributed by atoms with Crippen LogP contribution in [0.1, 0.15) is 48.8 Å². The van der Waals surface area contributed by atoms with Gasteiger partial charge in [0.15, 0.2) is 0 Å². The molecule has 48 heavy (non-hydrogen) atoms. The second kappa shape index (κ2) is 10.6. The molecule has 0 radical (unpaired) electrons. The van der Waals surface area contributed by atoms with Crippen molar-refractivity contribution in [1.82, 2.24) is 4.98 Å². The van der Waals surface area contributed by atoms with E-state index in [-0.39, 0.29) is 5.41 Å². The van der Waals surface area contributed by atoms with Gasteiger partial charge in [-0.1, -0.05) is 115 Å². The van der Waals surface area contributed by atoms with Crippen molar-refractivity contribution in [3.05, 3.63) is 150 Å². The Balaban J connectivity index is 1.29. The predicted octanol–water partition coefficient (Wildman–Crippen LogP) is 11.3. The van der Waals surface area contributed by atoms with Crippen molar-refractivity contribution in [1.29, 1.82) is 5.26 Å². The van der Waals surface area contributed by atoms with Crippen LogP contribution in [-0.2, 0) is 5.41 Å². The number of fused-ring (bicyclic) bond motifs is 3. The lowest BCUT2D eigenvalue weighted by molar-refractivity contribution is -0.0399. The van der Waals surface area contributed by atoms with Gasteiger partial charge >= 0.3 is 0 Å². The summed E-state index contributed by atoms with van der Waals surface area (Å²) in [7, 11) is 0. The highest BCUT2D eigenvalue weighted by Crippen LogP contribution is 2.70. The number of nitrogens with zero attached hydrogens (tertiary/aromatic N) is 2. The molecule has 2 heteroatoms. The largest absolute Gasteiger partial charge is 0.248 e. The highest BCUT2D eigenvalue weighted by molar-refractivity contribution is 6.01. The van der Waals surface area contributed by atoms with Crippen LogP contribution in [0.5, 0.6) is 0 Å². The van der Waals surface area contributed by atoms with Gasteiger partial charge in [-0.15, -0.1) is 0 Å². The second-order valence-electron chi connectivity index (χ2n) is 14.6. The van der Waals surface area contributed by atoms with Crippen LogP contribution < -0.4 is 0 Å². The Morgan fingerprint density at radius 1 is 0.500 bits per heavy atom. The van der Waals surface area contributed by atoms with Gasteiger partial charge in [0.25, 0.3) is 0 Å². The van der Waals surface area contributed by atoms with Crippen LogP contribution in [0, 0.1) is 35.0 Å². The third-order valence-corrected chi connectivity index (χ3v) is 12.3. The molecule has 0 amide bonds. The average Bonchev–Trinajstić information content (AvgIpc) is 3.45.